The van der Waals surface area contributed by atoms with Gasteiger partial charge in [-0.25, -0.2) is 4.79 Å². The van der Waals surface area contributed by atoms with Crippen molar-refractivity contribution in [3.63, 3.8) is 0 Å². The Morgan fingerprint density at radius 3 is 2.17 bits per heavy atom. The molecule has 0 saturated carbocycles. The Kier molecular flexibility index (Phi) is 8.41. The van der Waals surface area contributed by atoms with Crippen LogP contribution in [0.3, 0.4) is 0 Å². The number of esters is 1. The zero-order valence-electron chi connectivity index (χ0n) is 18.0. The van der Waals surface area contributed by atoms with Crippen LogP contribution in [-0.4, -0.2) is 49.0 Å². The summed E-state index contributed by atoms with van der Waals surface area (Å²) in [5, 5.41) is 3.08. The molecule has 30 heavy (non-hydrogen) atoms. The van der Waals surface area contributed by atoms with Gasteiger partial charge in [-0.3, -0.25) is 9.59 Å². The highest BCUT2D eigenvalue weighted by atomic mass is 32.1. The SMILES string of the molecule is CCOC(=O)c1c(NC(=O)c2ccc(OCC)cc2)sc(C(=O)N(CC)CC)c1C. The van der Waals surface area contributed by atoms with Gasteiger partial charge in [0.05, 0.1) is 23.7 Å². The third-order valence-electron chi connectivity index (χ3n) is 4.53. The van der Waals surface area contributed by atoms with Crippen molar-refractivity contribution in [1.82, 2.24) is 4.90 Å². The van der Waals surface area contributed by atoms with E-state index < -0.39 is 5.97 Å². The molecule has 2 aromatic rings. The zero-order valence-corrected chi connectivity index (χ0v) is 18.9. The maximum atomic E-state index is 12.9. The third-order valence-corrected chi connectivity index (χ3v) is 5.72. The molecule has 0 saturated heterocycles. The number of carbonyl (C=O) groups excluding carboxylic acids is 3. The number of carbonyl (C=O) groups is 3. The number of amides is 2. The largest absolute Gasteiger partial charge is 0.494 e. The fourth-order valence-electron chi connectivity index (χ4n) is 2.95. The van der Waals surface area contributed by atoms with E-state index in [9.17, 15) is 14.4 Å². The molecule has 1 aromatic carbocycles. The molecule has 0 bridgehead atoms. The molecule has 162 valence electrons. The highest BCUT2D eigenvalue weighted by molar-refractivity contribution is 7.18. The predicted molar refractivity (Wildman–Crippen MR) is 118 cm³/mol. The van der Waals surface area contributed by atoms with Gasteiger partial charge in [-0.15, -0.1) is 11.3 Å². The Bertz CT molecular complexity index is 901. The number of hydrogen-bond donors (Lipinski definition) is 1. The van der Waals surface area contributed by atoms with Crippen LogP contribution in [0.5, 0.6) is 5.75 Å². The molecule has 0 fully saturated rings. The van der Waals surface area contributed by atoms with Crippen LogP contribution in [0.4, 0.5) is 5.00 Å². The summed E-state index contributed by atoms with van der Waals surface area (Å²) in [5.74, 6) is -0.450. The first-order valence-corrected chi connectivity index (χ1v) is 10.8. The number of thiophene rings is 1. The summed E-state index contributed by atoms with van der Waals surface area (Å²) >= 11 is 1.09. The summed E-state index contributed by atoms with van der Waals surface area (Å²) in [4.78, 5) is 40.3. The van der Waals surface area contributed by atoms with Crippen molar-refractivity contribution in [3.05, 3.63) is 45.8 Å². The maximum Gasteiger partial charge on any atom is 0.341 e. The van der Waals surface area contributed by atoms with E-state index in [2.05, 4.69) is 5.32 Å². The standard InChI is InChI=1S/C22H28N2O5S/c1-6-24(7-2)21(26)18-14(5)17(22(27)29-9-4)20(30-18)23-19(25)15-10-12-16(13-11-15)28-8-3/h10-13H,6-9H2,1-5H3,(H,23,25). The molecule has 0 aliphatic rings. The highest BCUT2D eigenvalue weighted by Crippen LogP contribution is 2.35. The summed E-state index contributed by atoms with van der Waals surface area (Å²) in [6.07, 6.45) is 0. The lowest BCUT2D eigenvalue weighted by atomic mass is 10.1. The molecule has 0 atom stereocenters. The fraction of sp³-hybridized carbons (Fsp3) is 0.409. The average Bonchev–Trinajstić information content (AvgIpc) is 3.05. The lowest BCUT2D eigenvalue weighted by molar-refractivity contribution is 0.0527. The summed E-state index contributed by atoms with van der Waals surface area (Å²) in [6.45, 7) is 10.9. The first-order valence-electron chi connectivity index (χ1n) is 10.0. The highest BCUT2D eigenvalue weighted by Gasteiger charge is 2.28. The molecule has 0 spiro atoms. The first kappa shape index (κ1) is 23.4. The monoisotopic (exact) mass is 432 g/mol. The summed E-state index contributed by atoms with van der Waals surface area (Å²) in [6, 6.07) is 6.71. The minimum absolute atomic E-state index is 0.172. The van der Waals surface area contributed by atoms with E-state index in [0.29, 0.717) is 46.5 Å². The molecule has 1 aromatic heterocycles. The van der Waals surface area contributed by atoms with Gasteiger partial charge in [-0.2, -0.15) is 0 Å². The van der Waals surface area contributed by atoms with Crippen molar-refractivity contribution < 1.29 is 23.9 Å². The molecule has 7 nitrogen and oxygen atoms in total. The van der Waals surface area contributed by atoms with Crippen molar-refractivity contribution >= 4 is 34.1 Å². The number of nitrogens with zero attached hydrogens (tertiary/aromatic N) is 1. The Balaban J connectivity index is 2.39. The van der Waals surface area contributed by atoms with Crippen molar-refractivity contribution in [2.75, 3.05) is 31.6 Å². The normalized spacial score (nSPS) is 10.4. The van der Waals surface area contributed by atoms with Crippen LogP contribution < -0.4 is 10.1 Å². The van der Waals surface area contributed by atoms with Crippen LogP contribution >= 0.6 is 11.3 Å². The molecule has 2 rings (SSSR count). The van der Waals surface area contributed by atoms with E-state index >= 15 is 0 Å². The molecule has 1 N–H and O–H groups in total. The number of ether oxygens (including phenoxy) is 2. The quantitative estimate of drug-likeness (QED) is 0.595. The molecule has 0 radical (unpaired) electrons. The molecular formula is C22H28N2O5S. The van der Waals surface area contributed by atoms with Gasteiger partial charge in [-0.05, 0) is 64.4 Å². The summed E-state index contributed by atoms with van der Waals surface area (Å²) < 4.78 is 10.6. The predicted octanol–water partition coefficient (Wildman–Crippen LogP) is 4.37. The van der Waals surface area contributed by atoms with Crippen LogP contribution in [0.2, 0.25) is 0 Å². The molecule has 0 aliphatic carbocycles. The van der Waals surface area contributed by atoms with Crippen LogP contribution in [0, 0.1) is 6.92 Å². The van der Waals surface area contributed by atoms with Gasteiger partial charge in [-0.1, -0.05) is 0 Å². The van der Waals surface area contributed by atoms with Crippen molar-refractivity contribution in [2.24, 2.45) is 0 Å². The van der Waals surface area contributed by atoms with E-state index in [1.165, 1.54) is 0 Å². The number of rotatable bonds is 9. The van der Waals surface area contributed by atoms with E-state index in [0.717, 1.165) is 11.3 Å². The second-order valence-electron chi connectivity index (χ2n) is 6.37. The molecule has 0 unspecified atom stereocenters. The maximum absolute atomic E-state index is 12.9. The van der Waals surface area contributed by atoms with Crippen molar-refractivity contribution in [1.29, 1.82) is 0 Å². The zero-order chi connectivity index (χ0) is 22.3. The van der Waals surface area contributed by atoms with Crippen LogP contribution in [-0.2, 0) is 4.74 Å². The second-order valence-corrected chi connectivity index (χ2v) is 7.39. The Morgan fingerprint density at radius 2 is 1.63 bits per heavy atom. The molecule has 2 amide bonds. The lowest BCUT2D eigenvalue weighted by Gasteiger charge is -2.18. The number of nitrogens with one attached hydrogen (secondary N) is 1. The van der Waals surface area contributed by atoms with Gasteiger partial charge in [0.25, 0.3) is 11.8 Å². The Morgan fingerprint density at radius 1 is 1.00 bits per heavy atom. The van der Waals surface area contributed by atoms with Crippen LogP contribution in [0.15, 0.2) is 24.3 Å². The Labute approximate surface area is 181 Å². The Hall–Kier alpha value is -2.87. The topological polar surface area (TPSA) is 84.9 Å². The number of benzene rings is 1. The van der Waals surface area contributed by atoms with E-state index in [4.69, 9.17) is 9.47 Å². The smallest absolute Gasteiger partial charge is 0.341 e. The van der Waals surface area contributed by atoms with Crippen LogP contribution in [0.1, 0.15) is 63.6 Å². The van der Waals surface area contributed by atoms with Crippen molar-refractivity contribution in [2.45, 2.75) is 34.6 Å². The average molecular weight is 433 g/mol. The molecule has 8 heteroatoms. The molecular weight excluding hydrogens is 404 g/mol. The second kappa shape index (κ2) is 10.8. The summed E-state index contributed by atoms with van der Waals surface area (Å²) in [7, 11) is 0. The number of hydrogen-bond acceptors (Lipinski definition) is 6. The van der Waals surface area contributed by atoms with Gasteiger partial charge in [0.1, 0.15) is 10.8 Å². The van der Waals surface area contributed by atoms with Gasteiger partial charge >= 0.3 is 5.97 Å². The van der Waals surface area contributed by atoms with Gasteiger partial charge < -0.3 is 19.7 Å². The fourth-order valence-corrected chi connectivity index (χ4v) is 4.11. The van der Waals surface area contributed by atoms with E-state index in [-0.39, 0.29) is 24.0 Å². The minimum atomic E-state index is -0.563. The molecule has 0 aliphatic heterocycles. The van der Waals surface area contributed by atoms with Crippen molar-refractivity contribution in [3.8, 4) is 5.75 Å². The third kappa shape index (κ3) is 5.18. The van der Waals surface area contributed by atoms with Gasteiger partial charge in [0, 0.05) is 18.7 Å². The van der Waals surface area contributed by atoms with Crippen LogP contribution in [0.25, 0.3) is 0 Å². The first-order chi connectivity index (χ1) is 14.4. The minimum Gasteiger partial charge on any atom is -0.494 e. The van der Waals surface area contributed by atoms with Gasteiger partial charge in [0.2, 0.25) is 0 Å². The number of anilines is 1. The lowest BCUT2D eigenvalue weighted by Crippen LogP contribution is -2.30. The van der Waals surface area contributed by atoms with E-state index in [1.54, 1.807) is 43.0 Å². The van der Waals surface area contributed by atoms with Gasteiger partial charge in [0.15, 0.2) is 0 Å². The summed E-state index contributed by atoms with van der Waals surface area (Å²) in [5.41, 5.74) is 1.14. The van der Waals surface area contributed by atoms with E-state index in [1.807, 2.05) is 20.8 Å². The molecule has 1 heterocycles.